The molecule has 0 aromatic heterocycles. The second kappa shape index (κ2) is 4.45. The minimum Gasteiger partial charge on any atom is -0.396 e. The van der Waals surface area contributed by atoms with Gasteiger partial charge < -0.3 is 10.0 Å². The van der Waals surface area contributed by atoms with Crippen molar-refractivity contribution in [3.05, 3.63) is 0 Å². The van der Waals surface area contributed by atoms with Crippen molar-refractivity contribution in [1.29, 1.82) is 0 Å². The lowest BCUT2D eigenvalue weighted by molar-refractivity contribution is -0.130. The van der Waals surface area contributed by atoms with Crippen LogP contribution in [0.4, 0.5) is 0 Å². The van der Waals surface area contributed by atoms with Gasteiger partial charge in [0.15, 0.2) is 0 Å². The maximum absolute atomic E-state index is 11.3. The summed E-state index contributed by atoms with van der Waals surface area (Å²) in [6, 6.07) is 0. The monoisotopic (exact) mass is 171 g/mol. The highest BCUT2D eigenvalue weighted by Gasteiger charge is 2.24. The molecule has 1 aliphatic carbocycles. The van der Waals surface area contributed by atoms with Gasteiger partial charge in [-0.15, -0.1) is 0 Å². The summed E-state index contributed by atoms with van der Waals surface area (Å²) in [6.45, 7) is 1.02. The van der Waals surface area contributed by atoms with Gasteiger partial charge in [0, 0.05) is 26.6 Å². The van der Waals surface area contributed by atoms with Crippen molar-refractivity contribution in [2.45, 2.75) is 25.7 Å². The molecule has 0 saturated heterocycles. The van der Waals surface area contributed by atoms with Crippen LogP contribution in [0.3, 0.4) is 0 Å². The first-order valence-corrected chi connectivity index (χ1v) is 4.59. The molecule has 0 heterocycles. The second-order valence-corrected chi connectivity index (χ2v) is 3.54. The molecule has 0 bridgehead atoms. The molecule has 1 amide bonds. The molecule has 0 aromatic rings. The van der Waals surface area contributed by atoms with Gasteiger partial charge in [-0.25, -0.2) is 0 Å². The van der Waals surface area contributed by atoms with E-state index in [1.807, 2.05) is 7.05 Å². The Kier molecular flexibility index (Phi) is 3.53. The van der Waals surface area contributed by atoms with Gasteiger partial charge in [0.25, 0.3) is 0 Å². The zero-order valence-corrected chi connectivity index (χ0v) is 7.62. The largest absolute Gasteiger partial charge is 0.396 e. The molecule has 1 fully saturated rings. The van der Waals surface area contributed by atoms with Gasteiger partial charge in [0.2, 0.25) is 5.91 Å². The first kappa shape index (κ1) is 9.52. The zero-order valence-electron chi connectivity index (χ0n) is 7.62. The summed E-state index contributed by atoms with van der Waals surface area (Å²) in [4.78, 5) is 13.1. The smallest absolute Gasteiger partial charge is 0.222 e. The molecule has 1 rings (SSSR count). The molecule has 0 spiro atoms. The Morgan fingerprint density at radius 1 is 1.58 bits per heavy atom. The number of hydrogen-bond donors (Lipinski definition) is 1. The van der Waals surface area contributed by atoms with Crippen LogP contribution in [0.15, 0.2) is 0 Å². The van der Waals surface area contributed by atoms with E-state index in [0.29, 0.717) is 12.8 Å². The fourth-order valence-corrected chi connectivity index (χ4v) is 1.21. The summed E-state index contributed by atoms with van der Waals surface area (Å²) < 4.78 is 0. The third-order valence-corrected chi connectivity index (χ3v) is 2.20. The predicted molar refractivity (Wildman–Crippen MR) is 46.7 cm³/mol. The Balaban J connectivity index is 2.11. The van der Waals surface area contributed by atoms with Crippen LogP contribution in [0.25, 0.3) is 0 Å². The average Bonchev–Trinajstić information content (AvgIpc) is 2.83. The molecular weight excluding hydrogens is 154 g/mol. The van der Waals surface area contributed by atoms with E-state index in [4.69, 9.17) is 5.11 Å². The Hall–Kier alpha value is -0.570. The lowest BCUT2D eigenvalue weighted by Crippen LogP contribution is -2.28. The van der Waals surface area contributed by atoms with Crippen LogP contribution >= 0.6 is 0 Å². The topological polar surface area (TPSA) is 40.5 Å². The summed E-state index contributed by atoms with van der Waals surface area (Å²) in [5.74, 6) is 0.920. The predicted octanol–water partition coefficient (Wildman–Crippen LogP) is 0.627. The van der Waals surface area contributed by atoms with Gasteiger partial charge in [-0.3, -0.25) is 4.79 Å². The normalized spacial score (nSPS) is 16.2. The Bertz CT molecular complexity index is 155. The molecule has 0 radical (unpaired) electrons. The van der Waals surface area contributed by atoms with Crippen molar-refractivity contribution in [3.63, 3.8) is 0 Å². The second-order valence-electron chi connectivity index (χ2n) is 3.54. The molecule has 1 N–H and O–H groups in total. The summed E-state index contributed by atoms with van der Waals surface area (Å²) in [5, 5.41) is 8.52. The van der Waals surface area contributed by atoms with Crippen molar-refractivity contribution in [2.75, 3.05) is 20.2 Å². The molecule has 12 heavy (non-hydrogen) atoms. The number of carbonyl (C=O) groups is 1. The SMILES string of the molecule is CN(CC1CC1)C(=O)CCCO. The van der Waals surface area contributed by atoms with Gasteiger partial charge in [-0.1, -0.05) is 0 Å². The first-order valence-electron chi connectivity index (χ1n) is 4.59. The summed E-state index contributed by atoms with van der Waals surface area (Å²) in [6.07, 6.45) is 3.63. The van der Waals surface area contributed by atoms with Crippen molar-refractivity contribution in [3.8, 4) is 0 Å². The van der Waals surface area contributed by atoms with Crippen LogP contribution in [0.2, 0.25) is 0 Å². The number of carbonyl (C=O) groups excluding carboxylic acids is 1. The van der Waals surface area contributed by atoms with E-state index >= 15 is 0 Å². The minimum absolute atomic E-state index is 0.114. The Morgan fingerprint density at radius 3 is 2.75 bits per heavy atom. The molecule has 1 saturated carbocycles. The first-order chi connectivity index (χ1) is 5.74. The number of nitrogens with zero attached hydrogens (tertiary/aromatic N) is 1. The Labute approximate surface area is 73.4 Å². The van der Waals surface area contributed by atoms with E-state index < -0.39 is 0 Å². The maximum Gasteiger partial charge on any atom is 0.222 e. The summed E-state index contributed by atoms with van der Waals surface area (Å²) >= 11 is 0. The zero-order chi connectivity index (χ0) is 8.97. The summed E-state index contributed by atoms with van der Waals surface area (Å²) in [5.41, 5.74) is 0. The van der Waals surface area contributed by atoms with Crippen LogP contribution in [0.5, 0.6) is 0 Å². The maximum atomic E-state index is 11.3. The molecule has 0 atom stereocenters. The van der Waals surface area contributed by atoms with E-state index in [0.717, 1.165) is 12.5 Å². The highest BCUT2D eigenvalue weighted by Crippen LogP contribution is 2.29. The molecule has 3 nitrogen and oxygen atoms in total. The standard InChI is InChI=1S/C9H17NO2/c1-10(7-8-4-5-8)9(12)3-2-6-11/h8,11H,2-7H2,1H3. The van der Waals surface area contributed by atoms with Gasteiger partial charge >= 0.3 is 0 Å². The number of hydrogen-bond acceptors (Lipinski definition) is 2. The highest BCUT2D eigenvalue weighted by atomic mass is 16.3. The molecule has 70 valence electrons. The fraction of sp³-hybridized carbons (Fsp3) is 0.889. The van der Waals surface area contributed by atoms with Gasteiger partial charge in [0.1, 0.15) is 0 Å². The number of aliphatic hydroxyl groups is 1. The van der Waals surface area contributed by atoms with Crippen LogP contribution in [-0.2, 0) is 4.79 Å². The van der Waals surface area contributed by atoms with Crippen molar-refractivity contribution >= 4 is 5.91 Å². The highest BCUT2D eigenvalue weighted by molar-refractivity contribution is 5.75. The molecule has 0 aliphatic heterocycles. The van der Waals surface area contributed by atoms with Crippen LogP contribution < -0.4 is 0 Å². The lowest BCUT2D eigenvalue weighted by atomic mass is 10.3. The van der Waals surface area contributed by atoms with Crippen LogP contribution in [0, 0.1) is 5.92 Å². The fourth-order valence-electron chi connectivity index (χ4n) is 1.21. The van der Waals surface area contributed by atoms with Crippen molar-refractivity contribution in [2.24, 2.45) is 5.92 Å². The van der Waals surface area contributed by atoms with E-state index in [9.17, 15) is 4.79 Å². The third-order valence-electron chi connectivity index (χ3n) is 2.20. The third kappa shape index (κ3) is 3.22. The molecule has 0 aromatic carbocycles. The van der Waals surface area contributed by atoms with Crippen LogP contribution in [0.1, 0.15) is 25.7 Å². The van der Waals surface area contributed by atoms with E-state index in [1.165, 1.54) is 12.8 Å². The Morgan fingerprint density at radius 2 is 2.25 bits per heavy atom. The van der Waals surface area contributed by atoms with Gasteiger partial charge in [-0.05, 0) is 25.2 Å². The van der Waals surface area contributed by atoms with Gasteiger partial charge in [-0.2, -0.15) is 0 Å². The quantitative estimate of drug-likeness (QED) is 0.659. The number of amides is 1. The van der Waals surface area contributed by atoms with E-state index in [-0.39, 0.29) is 12.5 Å². The van der Waals surface area contributed by atoms with Crippen LogP contribution in [-0.4, -0.2) is 36.1 Å². The van der Waals surface area contributed by atoms with Gasteiger partial charge in [0.05, 0.1) is 0 Å². The molecule has 0 unspecified atom stereocenters. The number of rotatable bonds is 5. The lowest BCUT2D eigenvalue weighted by Gasteiger charge is -2.16. The number of aliphatic hydroxyl groups excluding tert-OH is 1. The molecule has 3 heteroatoms. The minimum atomic E-state index is 0.114. The van der Waals surface area contributed by atoms with E-state index in [1.54, 1.807) is 4.90 Å². The van der Waals surface area contributed by atoms with E-state index in [2.05, 4.69) is 0 Å². The average molecular weight is 171 g/mol. The van der Waals surface area contributed by atoms with Crippen molar-refractivity contribution in [1.82, 2.24) is 4.90 Å². The summed E-state index contributed by atoms with van der Waals surface area (Å²) in [7, 11) is 1.85. The molecule has 1 aliphatic rings. The van der Waals surface area contributed by atoms with Crippen molar-refractivity contribution < 1.29 is 9.90 Å². The molecular formula is C9H17NO2.